The largest absolute Gasteiger partial charge is 0.398 e. The molecule has 0 heterocycles. The zero-order valence-corrected chi connectivity index (χ0v) is 15.4. The van der Waals surface area contributed by atoms with Crippen LogP contribution in [0.1, 0.15) is 23.0 Å². The summed E-state index contributed by atoms with van der Waals surface area (Å²) in [5.41, 5.74) is 0.893. The van der Waals surface area contributed by atoms with Gasteiger partial charge in [0.05, 0.1) is 17.6 Å². The van der Waals surface area contributed by atoms with Gasteiger partial charge in [-0.05, 0) is 23.3 Å². The second-order valence-corrected chi connectivity index (χ2v) is 7.20. The van der Waals surface area contributed by atoms with Gasteiger partial charge in [0.25, 0.3) is 0 Å². The molecule has 0 bridgehead atoms. The fourth-order valence-electron chi connectivity index (χ4n) is 2.71. The number of carbonyl (C=O) groups is 1. The van der Waals surface area contributed by atoms with Crippen LogP contribution in [0, 0.1) is 10.1 Å². The first kappa shape index (κ1) is 21.2. The van der Waals surface area contributed by atoms with Crippen LogP contribution < -0.4 is 0 Å². The van der Waals surface area contributed by atoms with Crippen molar-refractivity contribution in [3.8, 4) is 0 Å². The second-order valence-electron chi connectivity index (χ2n) is 5.78. The zero-order valence-electron chi connectivity index (χ0n) is 13.9. The smallest absolute Gasteiger partial charge is 0.286 e. The van der Waals surface area contributed by atoms with Crippen molar-refractivity contribution < 1.29 is 22.9 Å². The minimum absolute atomic E-state index is 0.121. The number of carbonyl (C=O) groups excluding carboxylic acids is 1. The van der Waals surface area contributed by atoms with Crippen molar-refractivity contribution in [1.29, 1.82) is 0 Å². The summed E-state index contributed by atoms with van der Waals surface area (Å²) in [4.78, 5) is 23.3. The van der Waals surface area contributed by atoms with Crippen molar-refractivity contribution in [1.82, 2.24) is 0 Å². The van der Waals surface area contributed by atoms with E-state index in [4.69, 9.17) is 11.6 Å². The van der Waals surface area contributed by atoms with Gasteiger partial charge in [-0.1, -0.05) is 65.8 Å². The molecule has 4 nitrogen and oxygen atoms in total. The number of nitrogens with zero attached hydrogens (tertiary/aromatic N) is 1. The van der Waals surface area contributed by atoms with Crippen LogP contribution in [0.15, 0.2) is 54.6 Å². The van der Waals surface area contributed by atoms with E-state index in [-0.39, 0.29) is 11.8 Å². The minimum Gasteiger partial charge on any atom is -0.286 e. The number of hydrogen-bond donors (Lipinski definition) is 0. The summed E-state index contributed by atoms with van der Waals surface area (Å²) in [5, 5.41) is 10.8. The third-order valence-electron chi connectivity index (χ3n) is 3.84. The van der Waals surface area contributed by atoms with Gasteiger partial charge in [-0.2, -0.15) is 13.2 Å². The van der Waals surface area contributed by atoms with Crippen molar-refractivity contribution in [3.05, 3.63) is 80.9 Å². The molecular formula is C18H15ClF3NO3S. The van der Waals surface area contributed by atoms with Gasteiger partial charge < -0.3 is 0 Å². The van der Waals surface area contributed by atoms with Crippen LogP contribution in [0.25, 0.3) is 0 Å². The first-order valence-electron chi connectivity index (χ1n) is 7.83. The van der Waals surface area contributed by atoms with E-state index in [0.717, 1.165) is 0 Å². The number of rotatable bonds is 7. The lowest BCUT2D eigenvalue weighted by molar-refractivity contribution is -0.483. The zero-order chi connectivity index (χ0) is 20.0. The van der Waals surface area contributed by atoms with E-state index in [0.29, 0.717) is 16.1 Å². The number of alkyl halides is 3. The normalized spacial score (nSPS) is 13.8. The molecule has 0 spiro atoms. The highest BCUT2D eigenvalue weighted by Gasteiger charge is 2.37. The highest BCUT2D eigenvalue weighted by atomic mass is 35.5. The van der Waals surface area contributed by atoms with E-state index in [1.807, 2.05) is 0 Å². The maximum absolute atomic E-state index is 12.7. The Morgan fingerprint density at radius 2 is 1.67 bits per heavy atom. The Bertz CT molecular complexity index is 785. The summed E-state index contributed by atoms with van der Waals surface area (Å²) in [6, 6.07) is 14.3. The van der Waals surface area contributed by atoms with Crippen LogP contribution in [0.3, 0.4) is 0 Å². The predicted octanol–water partition coefficient (Wildman–Crippen LogP) is 5.31. The number of nitro groups is 1. The molecule has 0 aromatic heterocycles. The first-order chi connectivity index (χ1) is 12.7. The molecule has 0 aliphatic heterocycles. The number of halogens is 4. The van der Waals surface area contributed by atoms with Crippen LogP contribution >= 0.6 is 23.4 Å². The Kier molecular flexibility index (Phi) is 7.26. The summed E-state index contributed by atoms with van der Waals surface area (Å²) < 4.78 is 37.7. The van der Waals surface area contributed by atoms with Crippen molar-refractivity contribution in [3.63, 3.8) is 0 Å². The highest BCUT2D eigenvalue weighted by molar-refractivity contribution is 8.13. The molecule has 2 atom stereocenters. The topological polar surface area (TPSA) is 60.2 Å². The Morgan fingerprint density at radius 3 is 2.19 bits per heavy atom. The average Bonchev–Trinajstić information content (AvgIpc) is 2.61. The maximum atomic E-state index is 12.7. The van der Waals surface area contributed by atoms with E-state index in [9.17, 15) is 28.1 Å². The molecule has 0 radical (unpaired) electrons. The van der Waals surface area contributed by atoms with Gasteiger partial charge in [-0.15, -0.1) is 0 Å². The number of thioether (sulfide) groups is 1. The van der Waals surface area contributed by atoms with Crippen LogP contribution in [0.2, 0.25) is 5.02 Å². The lowest BCUT2D eigenvalue weighted by atomic mass is 9.82. The third kappa shape index (κ3) is 6.55. The van der Waals surface area contributed by atoms with Gasteiger partial charge >= 0.3 is 6.18 Å². The van der Waals surface area contributed by atoms with E-state index >= 15 is 0 Å². The molecule has 0 saturated heterocycles. The Hall–Kier alpha value is -2.06. The first-order valence-corrected chi connectivity index (χ1v) is 9.19. The highest BCUT2D eigenvalue weighted by Crippen LogP contribution is 2.38. The van der Waals surface area contributed by atoms with Gasteiger partial charge in [0.1, 0.15) is 0 Å². The summed E-state index contributed by atoms with van der Waals surface area (Å²) in [5.74, 6) is -3.37. The number of hydrogen-bond acceptors (Lipinski definition) is 4. The Morgan fingerprint density at radius 1 is 1.07 bits per heavy atom. The summed E-state index contributed by atoms with van der Waals surface area (Å²) >= 11 is 5.97. The molecule has 0 aliphatic rings. The SMILES string of the molecule is O=C(SCC(F)(F)F)C(c1ccc(Cl)cc1)C(C[N+](=O)[O-])c1ccccc1. The van der Waals surface area contributed by atoms with Gasteiger partial charge in [0, 0.05) is 9.95 Å². The maximum Gasteiger partial charge on any atom is 0.398 e. The fourth-order valence-corrected chi connectivity index (χ4v) is 3.62. The van der Waals surface area contributed by atoms with Gasteiger partial charge in [0.15, 0.2) is 5.12 Å². The van der Waals surface area contributed by atoms with Crippen molar-refractivity contribution >= 4 is 28.5 Å². The molecule has 2 aromatic carbocycles. The van der Waals surface area contributed by atoms with E-state index in [1.54, 1.807) is 30.3 Å². The van der Waals surface area contributed by atoms with E-state index in [1.165, 1.54) is 24.3 Å². The second kappa shape index (κ2) is 9.23. The van der Waals surface area contributed by atoms with Crippen LogP contribution in [0.5, 0.6) is 0 Å². The molecule has 0 aliphatic carbocycles. The molecule has 2 rings (SSSR count). The predicted molar refractivity (Wildman–Crippen MR) is 98.8 cm³/mol. The molecule has 0 fully saturated rings. The van der Waals surface area contributed by atoms with Crippen molar-refractivity contribution in [2.45, 2.75) is 18.0 Å². The fraction of sp³-hybridized carbons (Fsp3) is 0.278. The lowest BCUT2D eigenvalue weighted by Crippen LogP contribution is -2.26. The van der Waals surface area contributed by atoms with E-state index < -0.39 is 40.3 Å². The Balaban J connectivity index is 2.45. The van der Waals surface area contributed by atoms with Crippen molar-refractivity contribution in [2.75, 3.05) is 12.3 Å². The average molecular weight is 418 g/mol. The lowest BCUT2D eigenvalue weighted by Gasteiger charge is -2.24. The molecule has 0 N–H and O–H groups in total. The third-order valence-corrected chi connectivity index (χ3v) is 5.10. The summed E-state index contributed by atoms with van der Waals surface area (Å²) in [7, 11) is 0. The molecule has 144 valence electrons. The molecule has 27 heavy (non-hydrogen) atoms. The van der Waals surface area contributed by atoms with Gasteiger partial charge in [-0.25, -0.2) is 0 Å². The standard InChI is InChI=1S/C18H15ClF3NO3S/c19-14-8-6-13(7-9-14)16(17(24)27-11-18(20,21)22)15(10-23(25)26)12-4-2-1-3-5-12/h1-9,15-16H,10-11H2. The van der Waals surface area contributed by atoms with E-state index in [2.05, 4.69) is 0 Å². The quantitative estimate of drug-likeness (QED) is 0.452. The molecule has 2 aromatic rings. The minimum atomic E-state index is -4.52. The van der Waals surface area contributed by atoms with Gasteiger partial charge in [0.2, 0.25) is 6.54 Å². The van der Waals surface area contributed by atoms with Crippen LogP contribution in [0.4, 0.5) is 13.2 Å². The summed E-state index contributed by atoms with van der Waals surface area (Å²) in [6.07, 6.45) is -4.52. The molecule has 0 saturated carbocycles. The van der Waals surface area contributed by atoms with Crippen LogP contribution in [-0.2, 0) is 4.79 Å². The monoisotopic (exact) mass is 417 g/mol. The number of benzene rings is 2. The van der Waals surface area contributed by atoms with Crippen molar-refractivity contribution in [2.24, 2.45) is 0 Å². The molecule has 2 unspecified atom stereocenters. The molecule has 9 heteroatoms. The molecule has 0 amide bonds. The molecular weight excluding hydrogens is 403 g/mol. The van der Waals surface area contributed by atoms with Gasteiger partial charge in [-0.3, -0.25) is 14.9 Å². The summed E-state index contributed by atoms with van der Waals surface area (Å²) in [6.45, 7) is -0.588. The van der Waals surface area contributed by atoms with Crippen LogP contribution in [-0.4, -0.2) is 28.5 Å². The Labute approximate surface area is 162 Å².